The highest BCUT2D eigenvalue weighted by Crippen LogP contribution is 2.28. The Morgan fingerprint density at radius 3 is 2.82 bits per heavy atom. The molecule has 1 fully saturated rings. The summed E-state index contributed by atoms with van der Waals surface area (Å²) in [5.74, 6) is 1.13. The van der Waals surface area contributed by atoms with Crippen LogP contribution in [-0.2, 0) is 4.79 Å². The predicted molar refractivity (Wildman–Crippen MR) is 48.7 cm³/mol. The largest absolute Gasteiger partial charge is 0.356 e. The predicted octanol–water partition coefficient (Wildman–Crippen LogP) is 1.54. The lowest BCUT2D eigenvalue weighted by molar-refractivity contribution is -0.122. The SMILES string of the molecule is CC(CBr)CNC(=O)C1CC1. The standard InChI is InChI=1S/C8H14BrNO/c1-6(4-9)5-10-8(11)7-2-3-7/h6-7H,2-5H2,1H3,(H,10,11). The van der Waals surface area contributed by atoms with Crippen molar-refractivity contribution in [1.82, 2.24) is 5.32 Å². The second-order valence-electron chi connectivity index (χ2n) is 3.28. The molecule has 0 heterocycles. The lowest BCUT2D eigenvalue weighted by Gasteiger charge is -2.08. The molecule has 1 aliphatic rings. The minimum atomic E-state index is 0.248. The summed E-state index contributed by atoms with van der Waals surface area (Å²) < 4.78 is 0. The van der Waals surface area contributed by atoms with E-state index in [9.17, 15) is 4.79 Å². The topological polar surface area (TPSA) is 29.1 Å². The van der Waals surface area contributed by atoms with E-state index in [-0.39, 0.29) is 5.91 Å². The molecule has 1 unspecified atom stereocenters. The van der Waals surface area contributed by atoms with E-state index in [1.165, 1.54) is 0 Å². The third kappa shape index (κ3) is 3.23. The Morgan fingerprint density at radius 1 is 1.73 bits per heavy atom. The van der Waals surface area contributed by atoms with Crippen molar-refractivity contribution in [3.63, 3.8) is 0 Å². The number of rotatable bonds is 4. The first-order valence-electron chi connectivity index (χ1n) is 4.07. The van der Waals surface area contributed by atoms with E-state index >= 15 is 0 Å². The van der Waals surface area contributed by atoms with Crippen LogP contribution in [0.15, 0.2) is 0 Å². The van der Waals surface area contributed by atoms with Crippen LogP contribution < -0.4 is 5.32 Å². The summed E-state index contributed by atoms with van der Waals surface area (Å²) in [6.07, 6.45) is 2.18. The fourth-order valence-corrected chi connectivity index (χ4v) is 1.05. The number of hydrogen-bond acceptors (Lipinski definition) is 1. The molecule has 0 aromatic rings. The number of nitrogens with one attached hydrogen (secondary N) is 1. The number of halogens is 1. The van der Waals surface area contributed by atoms with Gasteiger partial charge in [0.2, 0.25) is 5.91 Å². The highest BCUT2D eigenvalue weighted by Gasteiger charge is 2.29. The smallest absolute Gasteiger partial charge is 0.223 e. The summed E-state index contributed by atoms with van der Waals surface area (Å²) in [5.41, 5.74) is 0. The molecule has 1 N–H and O–H groups in total. The van der Waals surface area contributed by atoms with Crippen molar-refractivity contribution in [2.45, 2.75) is 19.8 Å². The van der Waals surface area contributed by atoms with Gasteiger partial charge in [-0.3, -0.25) is 4.79 Å². The average molecular weight is 220 g/mol. The first kappa shape index (κ1) is 9.04. The molecule has 1 amide bonds. The van der Waals surface area contributed by atoms with Gasteiger partial charge in [-0.15, -0.1) is 0 Å². The van der Waals surface area contributed by atoms with Crippen molar-refractivity contribution >= 4 is 21.8 Å². The molecule has 1 aliphatic carbocycles. The summed E-state index contributed by atoms with van der Waals surface area (Å²) in [4.78, 5) is 11.1. The molecule has 0 aromatic carbocycles. The Balaban J connectivity index is 2.05. The van der Waals surface area contributed by atoms with E-state index in [1.807, 2.05) is 0 Å². The maximum atomic E-state index is 11.1. The van der Waals surface area contributed by atoms with E-state index in [1.54, 1.807) is 0 Å². The summed E-state index contributed by atoms with van der Waals surface area (Å²) in [5, 5.41) is 3.88. The Morgan fingerprint density at radius 2 is 2.36 bits per heavy atom. The molecule has 1 rings (SSSR count). The number of carbonyl (C=O) groups is 1. The molecule has 0 aromatic heterocycles. The number of carbonyl (C=O) groups excluding carboxylic acids is 1. The highest BCUT2D eigenvalue weighted by molar-refractivity contribution is 9.09. The van der Waals surface area contributed by atoms with Gasteiger partial charge in [0.15, 0.2) is 0 Å². The van der Waals surface area contributed by atoms with Gasteiger partial charge in [-0.2, -0.15) is 0 Å². The fourth-order valence-electron chi connectivity index (χ4n) is 0.819. The molecular formula is C8H14BrNO. The number of amides is 1. The lowest BCUT2D eigenvalue weighted by Crippen LogP contribution is -2.29. The first-order valence-corrected chi connectivity index (χ1v) is 5.20. The third-order valence-corrected chi connectivity index (χ3v) is 2.94. The monoisotopic (exact) mass is 219 g/mol. The van der Waals surface area contributed by atoms with E-state index in [2.05, 4.69) is 28.2 Å². The first-order chi connectivity index (χ1) is 5.24. The Kier molecular flexibility index (Phi) is 3.37. The van der Waals surface area contributed by atoms with Gasteiger partial charge in [-0.1, -0.05) is 22.9 Å². The maximum absolute atomic E-state index is 11.1. The molecule has 2 nitrogen and oxygen atoms in total. The average Bonchev–Trinajstić information content (AvgIpc) is 2.81. The number of alkyl halides is 1. The van der Waals surface area contributed by atoms with Gasteiger partial charge in [-0.25, -0.2) is 0 Å². The van der Waals surface area contributed by atoms with Crippen LogP contribution in [0.25, 0.3) is 0 Å². The molecule has 0 aliphatic heterocycles. The van der Waals surface area contributed by atoms with Crippen LogP contribution in [0.1, 0.15) is 19.8 Å². The van der Waals surface area contributed by atoms with E-state index in [0.29, 0.717) is 11.8 Å². The maximum Gasteiger partial charge on any atom is 0.223 e. The van der Waals surface area contributed by atoms with Gasteiger partial charge >= 0.3 is 0 Å². The van der Waals surface area contributed by atoms with Crippen molar-refractivity contribution in [2.24, 2.45) is 11.8 Å². The molecule has 11 heavy (non-hydrogen) atoms. The lowest BCUT2D eigenvalue weighted by atomic mass is 10.2. The van der Waals surface area contributed by atoms with Crippen LogP contribution in [0.4, 0.5) is 0 Å². The van der Waals surface area contributed by atoms with Crippen molar-refractivity contribution in [2.75, 3.05) is 11.9 Å². The summed E-state index contributed by atoms with van der Waals surface area (Å²) in [7, 11) is 0. The minimum absolute atomic E-state index is 0.248. The highest BCUT2D eigenvalue weighted by atomic mass is 79.9. The van der Waals surface area contributed by atoms with E-state index in [4.69, 9.17) is 0 Å². The quantitative estimate of drug-likeness (QED) is 0.715. The normalized spacial score (nSPS) is 19.5. The Bertz CT molecular complexity index is 145. The van der Waals surface area contributed by atoms with Gasteiger partial charge < -0.3 is 5.32 Å². The Labute approximate surface area is 75.9 Å². The summed E-state index contributed by atoms with van der Waals surface area (Å²) in [6, 6.07) is 0. The Hall–Kier alpha value is -0.0500. The van der Waals surface area contributed by atoms with Crippen molar-refractivity contribution < 1.29 is 4.79 Å². The second-order valence-corrected chi connectivity index (χ2v) is 3.93. The molecule has 0 spiro atoms. The van der Waals surface area contributed by atoms with Gasteiger partial charge in [0.05, 0.1) is 0 Å². The van der Waals surface area contributed by atoms with Crippen LogP contribution >= 0.6 is 15.9 Å². The van der Waals surface area contributed by atoms with Crippen LogP contribution in [-0.4, -0.2) is 17.8 Å². The molecule has 3 heteroatoms. The third-order valence-electron chi connectivity index (χ3n) is 1.84. The van der Waals surface area contributed by atoms with E-state index < -0.39 is 0 Å². The van der Waals surface area contributed by atoms with Crippen LogP contribution in [0.3, 0.4) is 0 Å². The molecule has 1 saturated carbocycles. The molecular weight excluding hydrogens is 206 g/mol. The fraction of sp³-hybridized carbons (Fsp3) is 0.875. The molecule has 1 atom stereocenters. The van der Waals surface area contributed by atoms with Crippen LogP contribution in [0.2, 0.25) is 0 Å². The second kappa shape index (κ2) is 4.10. The minimum Gasteiger partial charge on any atom is -0.356 e. The van der Waals surface area contributed by atoms with Crippen molar-refractivity contribution in [3.05, 3.63) is 0 Å². The van der Waals surface area contributed by atoms with Gasteiger partial charge in [0, 0.05) is 17.8 Å². The molecule has 0 radical (unpaired) electrons. The van der Waals surface area contributed by atoms with Crippen LogP contribution in [0.5, 0.6) is 0 Å². The van der Waals surface area contributed by atoms with Crippen molar-refractivity contribution in [3.8, 4) is 0 Å². The van der Waals surface area contributed by atoms with Crippen molar-refractivity contribution in [1.29, 1.82) is 0 Å². The van der Waals surface area contributed by atoms with Crippen LogP contribution in [0, 0.1) is 11.8 Å². The summed E-state index contributed by atoms with van der Waals surface area (Å²) >= 11 is 3.37. The van der Waals surface area contributed by atoms with E-state index in [0.717, 1.165) is 24.7 Å². The number of hydrogen-bond donors (Lipinski definition) is 1. The molecule has 0 saturated heterocycles. The zero-order chi connectivity index (χ0) is 8.27. The molecule has 0 bridgehead atoms. The van der Waals surface area contributed by atoms with Gasteiger partial charge in [-0.05, 0) is 18.8 Å². The zero-order valence-corrected chi connectivity index (χ0v) is 8.36. The zero-order valence-electron chi connectivity index (χ0n) is 6.77. The molecule has 64 valence electrons. The van der Waals surface area contributed by atoms with Gasteiger partial charge in [0.1, 0.15) is 0 Å². The van der Waals surface area contributed by atoms with Gasteiger partial charge in [0.25, 0.3) is 0 Å². The summed E-state index contributed by atoms with van der Waals surface area (Å²) in [6.45, 7) is 2.92.